The number of hydrogen-bond donors (Lipinski definition) is 0. The molecule has 1 unspecified atom stereocenters. The molecule has 1 aromatic heterocycles. The van der Waals surface area contributed by atoms with Gasteiger partial charge in [0, 0.05) is 33.8 Å². The first-order chi connectivity index (χ1) is 15.4. The number of nitrogens with zero attached hydrogens (tertiary/aromatic N) is 1. The number of rotatable bonds is 1. The van der Waals surface area contributed by atoms with Gasteiger partial charge in [0.2, 0.25) is 0 Å². The van der Waals surface area contributed by atoms with E-state index in [2.05, 4.69) is 83.8 Å². The summed E-state index contributed by atoms with van der Waals surface area (Å²) >= 11 is 0. The molecule has 0 aliphatic carbocycles. The molecular formula is C29H23NO. The van der Waals surface area contributed by atoms with E-state index in [1.54, 1.807) is 0 Å². The van der Waals surface area contributed by atoms with E-state index in [9.17, 15) is 0 Å². The fourth-order valence-electron chi connectivity index (χ4n) is 5.69. The van der Waals surface area contributed by atoms with Gasteiger partial charge in [-0.25, -0.2) is 0 Å². The zero-order chi connectivity index (χ0) is 20.4. The van der Waals surface area contributed by atoms with Crippen LogP contribution in [0.25, 0.3) is 33.1 Å². The Bertz CT molecular complexity index is 1460. The summed E-state index contributed by atoms with van der Waals surface area (Å²) in [4.78, 5) is 2.60. The molecule has 1 atom stereocenters. The third-order valence-electron chi connectivity index (χ3n) is 7.16. The van der Waals surface area contributed by atoms with Crippen molar-refractivity contribution in [1.29, 1.82) is 0 Å². The Kier molecular flexibility index (Phi) is 3.60. The maximum absolute atomic E-state index is 6.30. The van der Waals surface area contributed by atoms with E-state index in [-0.39, 0.29) is 0 Å². The van der Waals surface area contributed by atoms with Crippen LogP contribution >= 0.6 is 0 Å². The van der Waals surface area contributed by atoms with Crippen LogP contribution in [0.3, 0.4) is 0 Å². The topological polar surface area (TPSA) is 16.4 Å². The lowest BCUT2D eigenvalue weighted by molar-refractivity contribution is 0.518. The molecule has 2 aliphatic rings. The van der Waals surface area contributed by atoms with Crippen molar-refractivity contribution >= 4 is 33.3 Å². The van der Waals surface area contributed by atoms with Gasteiger partial charge in [-0.05, 0) is 66.6 Å². The fraction of sp³-hybridized carbons (Fsp3) is 0.172. The number of anilines is 2. The first kappa shape index (κ1) is 17.2. The summed E-state index contributed by atoms with van der Waals surface area (Å²) in [6.45, 7) is 0. The molecule has 0 bridgehead atoms. The highest BCUT2D eigenvalue weighted by Gasteiger charge is 2.32. The third-order valence-corrected chi connectivity index (χ3v) is 7.16. The van der Waals surface area contributed by atoms with Crippen LogP contribution in [0, 0.1) is 0 Å². The highest BCUT2D eigenvalue weighted by molar-refractivity contribution is 6.09. The Morgan fingerprint density at radius 1 is 0.677 bits per heavy atom. The van der Waals surface area contributed by atoms with E-state index >= 15 is 0 Å². The molecule has 0 N–H and O–H groups in total. The smallest absolute Gasteiger partial charge is 0.143 e. The molecular weight excluding hydrogens is 378 g/mol. The van der Waals surface area contributed by atoms with E-state index in [0.717, 1.165) is 17.6 Å². The minimum Gasteiger partial charge on any atom is -0.455 e. The van der Waals surface area contributed by atoms with Crippen LogP contribution in [0.1, 0.15) is 24.0 Å². The van der Waals surface area contributed by atoms with Crippen molar-refractivity contribution in [3.63, 3.8) is 0 Å². The van der Waals surface area contributed by atoms with Gasteiger partial charge in [-0.2, -0.15) is 0 Å². The van der Waals surface area contributed by atoms with E-state index in [1.807, 2.05) is 6.07 Å². The maximum atomic E-state index is 6.30. The summed E-state index contributed by atoms with van der Waals surface area (Å²) in [5.74, 6) is 0. The number of fused-ring (bicyclic) bond motifs is 8. The van der Waals surface area contributed by atoms with Crippen molar-refractivity contribution in [2.75, 3.05) is 4.90 Å². The van der Waals surface area contributed by atoms with Gasteiger partial charge in [-0.1, -0.05) is 60.7 Å². The molecule has 0 radical (unpaired) electrons. The number of hydrogen-bond acceptors (Lipinski definition) is 2. The van der Waals surface area contributed by atoms with Crippen molar-refractivity contribution in [1.82, 2.24) is 0 Å². The average molecular weight is 402 g/mol. The largest absolute Gasteiger partial charge is 0.455 e. The second-order valence-corrected chi connectivity index (χ2v) is 8.85. The molecule has 0 spiro atoms. The van der Waals surface area contributed by atoms with Crippen LogP contribution in [-0.4, -0.2) is 6.04 Å². The van der Waals surface area contributed by atoms with E-state index in [0.29, 0.717) is 6.04 Å². The Morgan fingerprint density at radius 2 is 1.45 bits per heavy atom. The number of furan rings is 1. The lowest BCUT2D eigenvalue weighted by Crippen LogP contribution is -2.39. The van der Waals surface area contributed by atoms with E-state index < -0.39 is 0 Å². The third kappa shape index (κ3) is 2.51. The molecule has 0 saturated heterocycles. The molecule has 0 fully saturated rings. The molecule has 0 amide bonds. The van der Waals surface area contributed by atoms with Crippen molar-refractivity contribution in [3.8, 4) is 11.1 Å². The lowest BCUT2D eigenvalue weighted by atomic mass is 9.86. The summed E-state index contributed by atoms with van der Waals surface area (Å²) < 4.78 is 6.30. The number of para-hydroxylation sites is 3. The number of benzene rings is 4. The van der Waals surface area contributed by atoms with Gasteiger partial charge in [0.1, 0.15) is 11.2 Å². The second-order valence-electron chi connectivity index (χ2n) is 8.85. The lowest BCUT2D eigenvalue weighted by Gasteiger charge is -2.43. The summed E-state index contributed by atoms with van der Waals surface area (Å²) in [6.07, 6.45) is 4.80. The summed E-state index contributed by atoms with van der Waals surface area (Å²) in [5, 5.41) is 2.38. The standard InChI is InChI=1S/C29H23NO/c1-3-10-26-19(6-1)12-15-22-16-13-21-18-20(14-17-27(21)30(22)26)23-8-5-9-25-24-7-2-4-11-28(24)31-29(23)25/h1-11,14,17-18,22H,12-13,15-16H2. The molecule has 5 aromatic rings. The van der Waals surface area contributed by atoms with Crippen LogP contribution in [0.4, 0.5) is 11.4 Å². The van der Waals surface area contributed by atoms with Crippen LogP contribution in [0.2, 0.25) is 0 Å². The SMILES string of the molecule is c1ccc2c(c1)CCC1CCc3cc(-c4cccc5c4oc4ccccc45)ccc3N21. The van der Waals surface area contributed by atoms with Gasteiger partial charge in [-0.15, -0.1) is 0 Å². The molecule has 31 heavy (non-hydrogen) atoms. The summed E-state index contributed by atoms with van der Waals surface area (Å²) in [7, 11) is 0. The van der Waals surface area contributed by atoms with Crippen LogP contribution in [-0.2, 0) is 12.8 Å². The van der Waals surface area contributed by atoms with Crippen LogP contribution < -0.4 is 4.90 Å². The van der Waals surface area contributed by atoms with Gasteiger partial charge >= 0.3 is 0 Å². The first-order valence-electron chi connectivity index (χ1n) is 11.3. The molecule has 3 heterocycles. The zero-order valence-corrected chi connectivity index (χ0v) is 17.3. The van der Waals surface area contributed by atoms with E-state index in [1.165, 1.54) is 63.7 Å². The highest BCUT2D eigenvalue weighted by atomic mass is 16.3. The Balaban J connectivity index is 1.39. The molecule has 2 nitrogen and oxygen atoms in total. The Morgan fingerprint density at radius 3 is 2.42 bits per heavy atom. The van der Waals surface area contributed by atoms with Crippen LogP contribution in [0.15, 0.2) is 89.3 Å². The Labute approximate surface area is 181 Å². The second kappa shape index (κ2) is 6.49. The zero-order valence-electron chi connectivity index (χ0n) is 17.3. The quantitative estimate of drug-likeness (QED) is 0.287. The average Bonchev–Trinajstić information content (AvgIpc) is 3.22. The molecule has 4 aromatic carbocycles. The van der Waals surface area contributed by atoms with Gasteiger partial charge in [0.25, 0.3) is 0 Å². The van der Waals surface area contributed by atoms with Gasteiger partial charge in [0.05, 0.1) is 0 Å². The molecule has 150 valence electrons. The van der Waals surface area contributed by atoms with Crippen molar-refractivity contribution < 1.29 is 4.42 Å². The monoisotopic (exact) mass is 401 g/mol. The van der Waals surface area contributed by atoms with Crippen molar-refractivity contribution in [2.24, 2.45) is 0 Å². The summed E-state index contributed by atoms with van der Waals surface area (Å²) in [6, 6.07) is 31.4. The Hall–Kier alpha value is -3.52. The minimum atomic E-state index is 0.618. The first-order valence-corrected chi connectivity index (χ1v) is 11.3. The van der Waals surface area contributed by atoms with Gasteiger partial charge in [0.15, 0.2) is 0 Å². The predicted octanol–water partition coefficient (Wildman–Crippen LogP) is 7.65. The van der Waals surface area contributed by atoms with Gasteiger partial charge < -0.3 is 9.32 Å². The molecule has 7 rings (SSSR count). The minimum absolute atomic E-state index is 0.618. The fourth-order valence-corrected chi connectivity index (χ4v) is 5.69. The van der Waals surface area contributed by atoms with Gasteiger partial charge in [-0.3, -0.25) is 0 Å². The number of aryl methyl sites for hydroxylation is 2. The maximum Gasteiger partial charge on any atom is 0.143 e. The predicted molar refractivity (Wildman–Crippen MR) is 128 cm³/mol. The van der Waals surface area contributed by atoms with E-state index in [4.69, 9.17) is 4.42 Å². The van der Waals surface area contributed by atoms with Crippen LogP contribution in [0.5, 0.6) is 0 Å². The normalized spacial score (nSPS) is 17.4. The van der Waals surface area contributed by atoms with Crippen molar-refractivity contribution in [2.45, 2.75) is 31.7 Å². The highest BCUT2D eigenvalue weighted by Crippen LogP contribution is 2.45. The molecule has 0 saturated carbocycles. The molecule has 2 aliphatic heterocycles. The summed E-state index contributed by atoms with van der Waals surface area (Å²) in [5.41, 5.74) is 10.1. The molecule has 2 heteroatoms. The van der Waals surface area contributed by atoms with Crippen molar-refractivity contribution in [3.05, 3.63) is 96.1 Å².